The van der Waals surface area contributed by atoms with E-state index in [9.17, 15) is 4.79 Å². The second-order valence-electron chi connectivity index (χ2n) is 6.66. The van der Waals surface area contributed by atoms with E-state index in [4.69, 9.17) is 4.74 Å². The first-order valence-corrected chi connectivity index (χ1v) is 8.73. The summed E-state index contributed by atoms with van der Waals surface area (Å²) in [4.78, 5) is 24.4. The second-order valence-corrected chi connectivity index (χ2v) is 7.57. The molecule has 0 atom stereocenters. The summed E-state index contributed by atoms with van der Waals surface area (Å²) in [5.41, 5.74) is 0.912. The van der Waals surface area contributed by atoms with Crippen LogP contribution in [0, 0.1) is 0 Å². The third kappa shape index (κ3) is 4.66. The van der Waals surface area contributed by atoms with Crippen LogP contribution in [0.3, 0.4) is 0 Å². The maximum Gasteiger partial charge on any atom is 0.319 e. The molecule has 2 amide bonds. The fourth-order valence-electron chi connectivity index (χ4n) is 2.20. The molecule has 134 valence electrons. The number of anilines is 1. The van der Waals surface area contributed by atoms with Crippen LogP contribution in [0.2, 0.25) is 0 Å². The van der Waals surface area contributed by atoms with Crippen molar-refractivity contribution >= 4 is 38.7 Å². The smallest absolute Gasteiger partial charge is 0.319 e. The van der Waals surface area contributed by atoms with Crippen LogP contribution in [-0.4, -0.2) is 26.5 Å². The van der Waals surface area contributed by atoms with Gasteiger partial charge >= 0.3 is 6.03 Å². The maximum atomic E-state index is 11.9. The highest BCUT2D eigenvalue weighted by Crippen LogP contribution is 2.28. The van der Waals surface area contributed by atoms with Gasteiger partial charge in [-0.05, 0) is 67.0 Å². The van der Waals surface area contributed by atoms with Gasteiger partial charge in [0.1, 0.15) is 12.1 Å². The first-order chi connectivity index (χ1) is 12.3. The molecule has 0 bridgehead atoms. The Bertz CT molecular complexity index is 938. The molecule has 0 aliphatic rings. The molecule has 26 heavy (non-hydrogen) atoms. The van der Waals surface area contributed by atoms with Gasteiger partial charge in [0.25, 0.3) is 0 Å². The normalized spacial score (nSPS) is 11.2. The highest BCUT2D eigenvalue weighted by molar-refractivity contribution is 9.10. The van der Waals surface area contributed by atoms with Crippen molar-refractivity contribution in [2.45, 2.75) is 26.3 Å². The van der Waals surface area contributed by atoms with E-state index >= 15 is 0 Å². The summed E-state index contributed by atoms with van der Waals surface area (Å²) in [6.07, 6.45) is 3.08. The van der Waals surface area contributed by atoms with Crippen LogP contribution >= 0.6 is 15.9 Å². The molecule has 0 unspecified atom stereocenters. The Kier molecular flexibility index (Phi) is 5.03. The Morgan fingerprint density at radius 1 is 1.12 bits per heavy atom. The number of pyridine rings is 1. The van der Waals surface area contributed by atoms with Crippen molar-refractivity contribution in [1.82, 2.24) is 20.3 Å². The number of rotatable bonds is 3. The Balaban J connectivity index is 1.74. The zero-order chi connectivity index (χ0) is 18.7. The van der Waals surface area contributed by atoms with Gasteiger partial charge in [-0.15, -0.1) is 0 Å². The zero-order valence-corrected chi connectivity index (χ0v) is 16.2. The standard InChI is InChI=1S/C18H18BrN5O2/c1-18(2,3)24-17(25)23-12-4-6-13(7-5-12)26-16-14-8-11(19)9-20-15(14)21-10-22-16/h4-10H,1-3H3,(H2,23,24,25). The van der Waals surface area contributed by atoms with E-state index in [1.54, 1.807) is 30.5 Å². The van der Waals surface area contributed by atoms with Gasteiger partial charge in [-0.25, -0.2) is 19.7 Å². The molecule has 8 heteroatoms. The molecular formula is C18H18BrN5O2. The number of carbonyl (C=O) groups is 1. The molecule has 2 N–H and O–H groups in total. The van der Waals surface area contributed by atoms with Gasteiger partial charge < -0.3 is 15.4 Å². The molecular weight excluding hydrogens is 398 g/mol. The molecule has 0 aliphatic heterocycles. The number of carbonyl (C=O) groups excluding carboxylic acids is 1. The van der Waals surface area contributed by atoms with Crippen molar-refractivity contribution in [3.05, 3.63) is 47.3 Å². The number of hydrogen-bond donors (Lipinski definition) is 2. The largest absolute Gasteiger partial charge is 0.438 e. The average Bonchev–Trinajstić information content (AvgIpc) is 2.55. The topological polar surface area (TPSA) is 89.0 Å². The van der Waals surface area contributed by atoms with Crippen molar-refractivity contribution in [3.63, 3.8) is 0 Å². The van der Waals surface area contributed by atoms with Crippen molar-refractivity contribution in [3.8, 4) is 11.6 Å². The quantitative estimate of drug-likeness (QED) is 0.656. The summed E-state index contributed by atoms with van der Waals surface area (Å²) in [5.74, 6) is 1.00. The summed E-state index contributed by atoms with van der Waals surface area (Å²) >= 11 is 3.39. The fraction of sp³-hybridized carbons (Fsp3) is 0.222. The number of nitrogens with zero attached hydrogens (tertiary/aromatic N) is 3. The summed E-state index contributed by atoms with van der Waals surface area (Å²) < 4.78 is 6.66. The second kappa shape index (κ2) is 7.25. The minimum atomic E-state index is -0.302. The molecule has 1 aromatic carbocycles. The number of hydrogen-bond acceptors (Lipinski definition) is 5. The van der Waals surface area contributed by atoms with Gasteiger partial charge in [0, 0.05) is 21.9 Å². The molecule has 7 nitrogen and oxygen atoms in total. The van der Waals surface area contributed by atoms with Gasteiger partial charge in [-0.2, -0.15) is 0 Å². The highest BCUT2D eigenvalue weighted by Gasteiger charge is 2.13. The molecule has 0 radical (unpaired) electrons. The predicted molar refractivity (Wildman–Crippen MR) is 103 cm³/mol. The van der Waals surface area contributed by atoms with Gasteiger partial charge in [0.2, 0.25) is 5.88 Å². The molecule has 2 heterocycles. The van der Waals surface area contributed by atoms with Crippen molar-refractivity contribution < 1.29 is 9.53 Å². The molecule has 0 fully saturated rings. The number of urea groups is 1. The molecule has 0 aliphatic carbocycles. The van der Waals surface area contributed by atoms with Crippen LogP contribution in [0.25, 0.3) is 11.0 Å². The lowest BCUT2D eigenvalue weighted by Crippen LogP contribution is -2.43. The minimum absolute atomic E-state index is 0.260. The van der Waals surface area contributed by atoms with E-state index in [1.165, 1.54) is 6.33 Å². The van der Waals surface area contributed by atoms with Crippen LogP contribution in [0.15, 0.2) is 47.3 Å². The molecule has 3 aromatic rings. The van der Waals surface area contributed by atoms with E-state index in [0.717, 1.165) is 4.47 Å². The third-order valence-corrected chi connectivity index (χ3v) is 3.67. The van der Waals surface area contributed by atoms with Gasteiger partial charge in [-0.1, -0.05) is 0 Å². The number of nitrogens with one attached hydrogen (secondary N) is 2. The van der Waals surface area contributed by atoms with Crippen molar-refractivity contribution in [2.75, 3.05) is 5.32 Å². The fourth-order valence-corrected chi connectivity index (χ4v) is 2.53. The molecule has 0 spiro atoms. The van der Waals surface area contributed by atoms with Gasteiger partial charge in [0.15, 0.2) is 5.65 Å². The zero-order valence-electron chi connectivity index (χ0n) is 14.6. The molecule has 2 aromatic heterocycles. The Morgan fingerprint density at radius 2 is 1.85 bits per heavy atom. The first-order valence-electron chi connectivity index (χ1n) is 7.93. The summed E-state index contributed by atoms with van der Waals surface area (Å²) in [6.45, 7) is 5.76. The molecule has 0 saturated carbocycles. The average molecular weight is 416 g/mol. The minimum Gasteiger partial charge on any atom is -0.438 e. The monoisotopic (exact) mass is 415 g/mol. The lowest BCUT2D eigenvalue weighted by Gasteiger charge is -2.20. The summed E-state index contributed by atoms with van der Waals surface area (Å²) in [7, 11) is 0. The van der Waals surface area contributed by atoms with Crippen LogP contribution in [0.5, 0.6) is 11.6 Å². The van der Waals surface area contributed by atoms with Gasteiger partial charge in [0.05, 0.1) is 5.39 Å². The third-order valence-electron chi connectivity index (χ3n) is 3.23. The Labute approximate surface area is 159 Å². The van der Waals surface area contributed by atoms with E-state index in [2.05, 4.69) is 41.5 Å². The lowest BCUT2D eigenvalue weighted by molar-refractivity contribution is 0.244. The number of halogens is 1. The first kappa shape index (κ1) is 18.1. The number of ether oxygens (including phenoxy) is 1. The summed E-state index contributed by atoms with van der Waals surface area (Å²) in [5, 5.41) is 6.32. The van der Waals surface area contributed by atoms with E-state index in [-0.39, 0.29) is 11.6 Å². The van der Waals surface area contributed by atoms with Crippen LogP contribution in [0.1, 0.15) is 20.8 Å². The SMILES string of the molecule is CC(C)(C)NC(=O)Nc1ccc(Oc2ncnc3ncc(Br)cc23)cc1. The van der Waals surface area contributed by atoms with Gasteiger partial charge in [-0.3, -0.25) is 0 Å². The molecule has 3 rings (SSSR count). The maximum absolute atomic E-state index is 11.9. The van der Waals surface area contributed by atoms with Crippen molar-refractivity contribution in [1.29, 1.82) is 0 Å². The van der Waals surface area contributed by atoms with E-state index in [0.29, 0.717) is 28.4 Å². The Hall–Kier alpha value is -2.74. The number of benzene rings is 1. The lowest BCUT2D eigenvalue weighted by atomic mass is 10.1. The van der Waals surface area contributed by atoms with Crippen molar-refractivity contribution in [2.24, 2.45) is 0 Å². The number of aromatic nitrogens is 3. The van der Waals surface area contributed by atoms with Crippen LogP contribution < -0.4 is 15.4 Å². The predicted octanol–water partition coefficient (Wildman–Crippen LogP) is 4.50. The molecule has 0 saturated heterocycles. The van der Waals surface area contributed by atoms with Crippen LogP contribution in [0.4, 0.5) is 10.5 Å². The summed E-state index contributed by atoms with van der Waals surface area (Å²) in [6, 6.07) is 8.62. The van der Waals surface area contributed by atoms with E-state index < -0.39 is 0 Å². The number of fused-ring (bicyclic) bond motifs is 1. The highest BCUT2D eigenvalue weighted by atomic mass is 79.9. The Morgan fingerprint density at radius 3 is 2.54 bits per heavy atom. The number of amides is 2. The van der Waals surface area contributed by atoms with Crippen LogP contribution in [-0.2, 0) is 0 Å². The van der Waals surface area contributed by atoms with E-state index in [1.807, 2.05) is 26.8 Å².